The number of nitrogens with zero attached hydrogens (tertiary/aromatic N) is 1. The summed E-state index contributed by atoms with van der Waals surface area (Å²) in [6, 6.07) is 0.216. The fourth-order valence-electron chi connectivity index (χ4n) is 2.18. The molecule has 0 saturated carbocycles. The summed E-state index contributed by atoms with van der Waals surface area (Å²) in [5.41, 5.74) is -0.209. The second kappa shape index (κ2) is 6.69. The fraction of sp³-hybridized carbons (Fsp3) is 1.00. The van der Waals surface area contributed by atoms with Gasteiger partial charge in [-0.2, -0.15) is 0 Å². The highest BCUT2D eigenvalue weighted by Crippen LogP contribution is 2.17. The van der Waals surface area contributed by atoms with Gasteiger partial charge in [0.05, 0.1) is 24.9 Å². The summed E-state index contributed by atoms with van der Waals surface area (Å²) in [6.07, 6.45) is 2.89. The highest BCUT2D eigenvalue weighted by atomic mass is 16.5. The van der Waals surface area contributed by atoms with E-state index in [0.29, 0.717) is 13.2 Å². The largest absolute Gasteiger partial charge is 0.395 e. The quantitative estimate of drug-likeness (QED) is 0.759. The maximum Gasteiger partial charge on any atom is 0.0900 e. The van der Waals surface area contributed by atoms with Crippen LogP contribution in [-0.2, 0) is 4.74 Å². The molecule has 1 fully saturated rings. The van der Waals surface area contributed by atoms with Crippen LogP contribution in [0.2, 0.25) is 0 Å². The molecule has 17 heavy (non-hydrogen) atoms. The third-order valence-corrected chi connectivity index (χ3v) is 3.11. The van der Waals surface area contributed by atoms with Gasteiger partial charge in [0.2, 0.25) is 0 Å². The Labute approximate surface area is 105 Å². The smallest absolute Gasteiger partial charge is 0.0900 e. The average Bonchev–Trinajstić information content (AvgIpc) is 2.26. The zero-order valence-electron chi connectivity index (χ0n) is 11.4. The van der Waals surface area contributed by atoms with Gasteiger partial charge in [-0.05, 0) is 40.2 Å². The molecule has 1 rings (SSSR count). The van der Waals surface area contributed by atoms with E-state index in [1.54, 1.807) is 0 Å². The second-order valence-corrected chi connectivity index (χ2v) is 5.90. The van der Waals surface area contributed by atoms with E-state index in [1.165, 1.54) is 6.42 Å². The van der Waals surface area contributed by atoms with E-state index in [2.05, 4.69) is 4.90 Å². The summed E-state index contributed by atoms with van der Waals surface area (Å²) >= 11 is 0. The minimum atomic E-state index is -0.471. The lowest BCUT2D eigenvalue weighted by atomic mass is 10.0. The summed E-state index contributed by atoms with van der Waals surface area (Å²) in [6.45, 7) is 8.07. The maximum absolute atomic E-state index is 9.93. The highest BCUT2D eigenvalue weighted by molar-refractivity contribution is 4.78. The molecule has 1 heterocycles. The standard InChI is InChI=1S/C13H27NO3/c1-13(2,3)17-10-12(16)8-14-7-5-4-6-11(14)9-15/h11-12,15-16H,4-10H2,1-3H3. The van der Waals surface area contributed by atoms with Crippen LogP contribution in [0.1, 0.15) is 40.0 Å². The Kier molecular flexibility index (Phi) is 5.86. The van der Waals surface area contributed by atoms with Crippen molar-refractivity contribution in [3.63, 3.8) is 0 Å². The van der Waals surface area contributed by atoms with Crippen molar-refractivity contribution >= 4 is 0 Å². The van der Waals surface area contributed by atoms with Crippen LogP contribution < -0.4 is 0 Å². The topological polar surface area (TPSA) is 52.9 Å². The summed E-state index contributed by atoms with van der Waals surface area (Å²) < 4.78 is 5.56. The van der Waals surface area contributed by atoms with Gasteiger partial charge in [0, 0.05) is 12.6 Å². The fourth-order valence-corrected chi connectivity index (χ4v) is 2.18. The first-order valence-electron chi connectivity index (χ1n) is 6.59. The lowest BCUT2D eigenvalue weighted by Gasteiger charge is -2.36. The van der Waals surface area contributed by atoms with Gasteiger partial charge in [-0.1, -0.05) is 6.42 Å². The van der Waals surface area contributed by atoms with Crippen LogP contribution in [-0.4, -0.2) is 59.2 Å². The summed E-state index contributed by atoms with van der Waals surface area (Å²) in [4.78, 5) is 2.18. The van der Waals surface area contributed by atoms with Crippen molar-refractivity contribution in [3.05, 3.63) is 0 Å². The molecule has 0 aromatic carbocycles. The van der Waals surface area contributed by atoms with Crippen LogP contribution in [0.3, 0.4) is 0 Å². The molecule has 0 aromatic heterocycles. The van der Waals surface area contributed by atoms with Crippen LogP contribution >= 0.6 is 0 Å². The number of ether oxygens (including phenoxy) is 1. The lowest BCUT2D eigenvalue weighted by Crippen LogP contribution is -2.46. The van der Waals surface area contributed by atoms with E-state index in [1.807, 2.05) is 20.8 Å². The number of β-amino-alcohol motifs (C(OH)–C–C–N with tert-alkyl or cyclic N) is 1. The molecule has 0 radical (unpaired) electrons. The van der Waals surface area contributed by atoms with Crippen molar-refractivity contribution in [1.82, 2.24) is 4.90 Å². The first-order chi connectivity index (χ1) is 7.92. The Balaban J connectivity index is 2.31. The molecule has 4 nitrogen and oxygen atoms in total. The first kappa shape index (κ1) is 14.9. The SMILES string of the molecule is CC(C)(C)OCC(O)CN1CCCCC1CO. The lowest BCUT2D eigenvalue weighted by molar-refractivity contribution is -0.0628. The van der Waals surface area contributed by atoms with Crippen molar-refractivity contribution < 1.29 is 14.9 Å². The van der Waals surface area contributed by atoms with Crippen LogP contribution in [0, 0.1) is 0 Å². The van der Waals surface area contributed by atoms with E-state index in [-0.39, 0.29) is 18.2 Å². The van der Waals surface area contributed by atoms with E-state index in [9.17, 15) is 10.2 Å². The molecule has 0 spiro atoms. The Bertz CT molecular complexity index is 215. The predicted octanol–water partition coefficient (Wildman–Crippen LogP) is 1.01. The molecular weight excluding hydrogens is 218 g/mol. The molecule has 2 N–H and O–H groups in total. The van der Waals surface area contributed by atoms with Gasteiger partial charge in [0.25, 0.3) is 0 Å². The molecule has 4 heteroatoms. The van der Waals surface area contributed by atoms with Crippen molar-refractivity contribution in [2.45, 2.75) is 57.8 Å². The number of aliphatic hydroxyl groups excluding tert-OH is 2. The molecule has 1 saturated heterocycles. The number of hydrogen-bond acceptors (Lipinski definition) is 4. The number of likely N-dealkylation sites (tertiary alicyclic amines) is 1. The molecule has 0 bridgehead atoms. The van der Waals surface area contributed by atoms with Crippen molar-refractivity contribution in [2.24, 2.45) is 0 Å². The number of aliphatic hydroxyl groups is 2. The third kappa shape index (κ3) is 5.82. The normalized spacial score (nSPS) is 24.9. The molecule has 1 aliphatic heterocycles. The van der Waals surface area contributed by atoms with Gasteiger partial charge < -0.3 is 14.9 Å². The molecule has 0 aromatic rings. The third-order valence-electron chi connectivity index (χ3n) is 3.11. The molecule has 102 valence electrons. The molecule has 1 aliphatic rings. The number of rotatable bonds is 5. The second-order valence-electron chi connectivity index (χ2n) is 5.90. The highest BCUT2D eigenvalue weighted by Gasteiger charge is 2.24. The van der Waals surface area contributed by atoms with E-state index in [0.717, 1.165) is 19.4 Å². The van der Waals surface area contributed by atoms with Gasteiger partial charge in [0.15, 0.2) is 0 Å². The van der Waals surface area contributed by atoms with Gasteiger partial charge >= 0.3 is 0 Å². The molecule has 2 atom stereocenters. The van der Waals surface area contributed by atoms with Gasteiger partial charge in [-0.3, -0.25) is 4.90 Å². The van der Waals surface area contributed by atoms with Gasteiger partial charge in [0.1, 0.15) is 0 Å². The monoisotopic (exact) mass is 245 g/mol. The molecular formula is C13H27NO3. The van der Waals surface area contributed by atoms with E-state index >= 15 is 0 Å². The Hall–Kier alpha value is -0.160. The van der Waals surface area contributed by atoms with Crippen LogP contribution in [0.5, 0.6) is 0 Å². The predicted molar refractivity (Wildman–Crippen MR) is 68.0 cm³/mol. The van der Waals surface area contributed by atoms with Crippen LogP contribution in [0.15, 0.2) is 0 Å². The van der Waals surface area contributed by atoms with Gasteiger partial charge in [-0.25, -0.2) is 0 Å². The van der Waals surface area contributed by atoms with Crippen molar-refractivity contribution in [3.8, 4) is 0 Å². The molecule has 0 amide bonds. The average molecular weight is 245 g/mol. The van der Waals surface area contributed by atoms with Crippen molar-refractivity contribution in [1.29, 1.82) is 0 Å². The molecule has 2 unspecified atom stereocenters. The zero-order valence-corrected chi connectivity index (χ0v) is 11.4. The van der Waals surface area contributed by atoms with E-state index < -0.39 is 6.10 Å². The Morgan fingerprint density at radius 2 is 2.06 bits per heavy atom. The summed E-state index contributed by atoms with van der Waals surface area (Å²) in [7, 11) is 0. The minimum absolute atomic E-state index is 0.187. The maximum atomic E-state index is 9.93. The van der Waals surface area contributed by atoms with Crippen LogP contribution in [0.25, 0.3) is 0 Å². The first-order valence-corrected chi connectivity index (χ1v) is 6.59. The molecule has 0 aliphatic carbocycles. The van der Waals surface area contributed by atoms with Crippen molar-refractivity contribution in [2.75, 3.05) is 26.3 Å². The number of piperidine rings is 1. The Morgan fingerprint density at radius 3 is 2.65 bits per heavy atom. The number of hydrogen-bond donors (Lipinski definition) is 2. The van der Waals surface area contributed by atoms with E-state index in [4.69, 9.17) is 4.74 Å². The van der Waals surface area contributed by atoms with Crippen LogP contribution in [0.4, 0.5) is 0 Å². The van der Waals surface area contributed by atoms with Gasteiger partial charge in [-0.15, -0.1) is 0 Å². The minimum Gasteiger partial charge on any atom is -0.395 e. The zero-order chi connectivity index (χ0) is 12.9. The Morgan fingerprint density at radius 1 is 1.35 bits per heavy atom. The summed E-state index contributed by atoms with van der Waals surface area (Å²) in [5, 5.41) is 19.2. The summed E-state index contributed by atoms with van der Waals surface area (Å²) in [5.74, 6) is 0.